The van der Waals surface area contributed by atoms with Crippen LogP contribution in [0.3, 0.4) is 0 Å². The summed E-state index contributed by atoms with van der Waals surface area (Å²) >= 11 is 0. The van der Waals surface area contributed by atoms with Gasteiger partial charge in [-0.1, -0.05) is 0 Å². The van der Waals surface area contributed by atoms with Crippen LogP contribution in [-0.4, -0.2) is 17.3 Å². The molecule has 0 amide bonds. The van der Waals surface area contributed by atoms with Crippen molar-refractivity contribution in [1.29, 1.82) is 5.26 Å². The molecule has 0 unspecified atom stereocenters. The van der Waals surface area contributed by atoms with Gasteiger partial charge in [0.25, 0.3) is 0 Å². The molecule has 4 N–H and O–H groups in total. The molecule has 1 aromatic rings. The van der Waals surface area contributed by atoms with Crippen molar-refractivity contribution in [3.63, 3.8) is 0 Å². The van der Waals surface area contributed by atoms with Crippen LogP contribution in [-0.2, 0) is 0 Å². The van der Waals surface area contributed by atoms with Gasteiger partial charge in [0.1, 0.15) is 0 Å². The monoisotopic (exact) mass is 217 g/mol. The maximum Gasteiger partial charge on any atom is 0.0992 e. The Bertz CT molecular complexity index is 432. The van der Waals surface area contributed by atoms with Crippen LogP contribution in [0.5, 0.6) is 0 Å². The topological polar surface area (TPSA) is 82.1 Å². The Morgan fingerprint density at radius 1 is 1.50 bits per heavy atom. The Labute approximate surface area is 94.7 Å². The van der Waals surface area contributed by atoms with Gasteiger partial charge in [0.15, 0.2) is 0 Å². The smallest absolute Gasteiger partial charge is 0.0992 e. The molecule has 2 rings (SSSR count). The first-order valence-electron chi connectivity index (χ1n) is 5.39. The molecular weight excluding hydrogens is 202 g/mol. The van der Waals surface area contributed by atoms with Crippen LogP contribution in [0.15, 0.2) is 18.2 Å². The molecule has 0 atom stereocenters. The zero-order valence-electron chi connectivity index (χ0n) is 9.03. The number of anilines is 2. The number of nitrogens with one attached hydrogen (secondary N) is 1. The van der Waals surface area contributed by atoms with Crippen LogP contribution < -0.4 is 11.1 Å². The third kappa shape index (κ3) is 2.10. The lowest BCUT2D eigenvalue weighted by atomic mass is 9.80. The second kappa shape index (κ2) is 4.03. The Morgan fingerprint density at radius 2 is 2.25 bits per heavy atom. The summed E-state index contributed by atoms with van der Waals surface area (Å²) in [6.07, 6.45) is 2.74. The lowest BCUT2D eigenvalue weighted by Crippen LogP contribution is -2.43. The molecule has 0 aliphatic heterocycles. The molecule has 0 saturated heterocycles. The van der Waals surface area contributed by atoms with E-state index in [4.69, 9.17) is 11.0 Å². The van der Waals surface area contributed by atoms with Crippen molar-refractivity contribution in [3.8, 4) is 6.07 Å². The Hall–Kier alpha value is -1.73. The number of nitriles is 1. The highest BCUT2D eigenvalue weighted by Gasteiger charge is 2.33. The van der Waals surface area contributed by atoms with Crippen LogP contribution in [0.25, 0.3) is 0 Å². The summed E-state index contributed by atoms with van der Waals surface area (Å²) in [6.45, 7) is 0.492. The first-order valence-corrected chi connectivity index (χ1v) is 5.39. The standard InChI is InChI=1S/C12H15N3O/c13-7-9-2-3-10(14)11(6-9)15-8-12(16)4-1-5-12/h2-3,6,15-16H,1,4-5,8,14H2. The molecule has 1 aliphatic carbocycles. The highest BCUT2D eigenvalue weighted by Crippen LogP contribution is 2.32. The predicted octanol–water partition coefficient (Wildman–Crippen LogP) is 1.47. The van der Waals surface area contributed by atoms with Crippen molar-refractivity contribution in [2.24, 2.45) is 0 Å². The van der Waals surface area contributed by atoms with Crippen molar-refractivity contribution in [3.05, 3.63) is 23.8 Å². The molecule has 1 saturated carbocycles. The normalized spacial score (nSPS) is 17.2. The molecule has 0 aromatic heterocycles. The number of rotatable bonds is 3. The van der Waals surface area contributed by atoms with E-state index in [1.807, 2.05) is 0 Å². The Balaban J connectivity index is 2.06. The second-order valence-corrected chi connectivity index (χ2v) is 4.35. The largest absolute Gasteiger partial charge is 0.397 e. The molecule has 1 aromatic carbocycles. The van der Waals surface area contributed by atoms with Gasteiger partial charge in [-0.2, -0.15) is 5.26 Å². The molecule has 4 nitrogen and oxygen atoms in total. The molecule has 0 radical (unpaired) electrons. The molecule has 0 heterocycles. The fourth-order valence-electron chi connectivity index (χ4n) is 1.80. The van der Waals surface area contributed by atoms with E-state index in [0.29, 0.717) is 17.8 Å². The van der Waals surface area contributed by atoms with E-state index in [1.165, 1.54) is 0 Å². The van der Waals surface area contributed by atoms with Gasteiger partial charge < -0.3 is 16.2 Å². The number of benzene rings is 1. The van der Waals surface area contributed by atoms with Gasteiger partial charge in [-0.05, 0) is 37.5 Å². The molecule has 16 heavy (non-hydrogen) atoms. The minimum absolute atomic E-state index is 0.492. The van der Waals surface area contributed by atoms with Gasteiger partial charge >= 0.3 is 0 Å². The number of nitrogens with zero attached hydrogens (tertiary/aromatic N) is 1. The van der Waals surface area contributed by atoms with Gasteiger partial charge in [-0.25, -0.2) is 0 Å². The maximum absolute atomic E-state index is 9.92. The highest BCUT2D eigenvalue weighted by molar-refractivity contribution is 5.68. The SMILES string of the molecule is N#Cc1ccc(N)c(NCC2(O)CCC2)c1. The van der Waals surface area contributed by atoms with E-state index in [0.717, 1.165) is 24.9 Å². The number of hydrogen-bond donors (Lipinski definition) is 3. The molecule has 1 fully saturated rings. The van der Waals surface area contributed by atoms with Crippen LogP contribution in [0, 0.1) is 11.3 Å². The van der Waals surface area contributed by atoms with Gasteiger partial charge in [0.2, 0.25) is 0 Å². The molecule has 4 heteroatoms. The van der Waals surface area contributed by atoms with Gasteiger partial charge in [0.05, 0.1) is 28.6 Å². The number of nitrogen functional groups attached to an aromatic ring is 1. The summed E-state index contributed by atoms with van der Waals surface area (Å²) < 4.78 is 0. The first kappa shape index (κ1) is 10.8. The second-order valence-electron chi connectivity index (χ2n) is 4.35. The number of hydrogen-bond acceptors (Lipinski definition) is 4. The summed E-state index contributed by atoms with van der Waals surface area (Å²) in [6, 6.07) is 7.15. The van der Waals surface area contributed by atoms with Crippen molar-refractivity contribution >= 4 is 11.4 Å². The van der Waals surface area contributed by atoms with Gasteiger partial charge in [-0.3, -0.25) is 0 Å². The zero-order valence-corrected chi connectivity index (χ0v) is 9.03. The summed E-state index contributed by atoms with van der Waals surface area (Å²) in [5.74, 6) is 0. The highest BCUT2D eigenvalue weighted by atomic mass is 16.3. The lowest BCUT2D eigenvalue weighted by Gasteiger charge is -2.37. The van der Waals surface area contributed by atoms with Crippen LogP contribution in [0.1, 0.15) is 24.8 Å². The van der Waals surface area contributed by atoms with E-state index in [2.05, 4.69) is 11.4 Å². The van der Waals surface area contributed by atoms with E-state index >= 15 is 0 Å². The third-order valence-electron chi connectivity index (χ3n) is 3.07. The van der Waals surface area contributed by atoms with Crippen molar-refractivity contribution < 1.29 is 5.11 Å². The van der Waals surface area contributed by atoms with E-state index in [1.54, 1.807) is 18.2 Å². The number of nitrogens with two attached hydrogens (primary N) is 1. The quantitative estimate of drug-likeness (QED) is 0.669. The Morgan fingerprint density at radius 3 is 2.81 bits per heavy atom. The number of aliphatic hydroxyl groups is 1. The summed E-state index contributed by atoms with van der Waals surface area (Å²) in [5.41, 5.74) is 7.08. The minimum atomic E-state index is -0.588. The average Bonchev–Trinajstić information content (AvgIpc) is 2.25. The lowest BCUT2D eigenvalue weighted by molar-refractivity contribution is -0.0201. The van der Waals surface area contributed by atoms with E-state index < -0.39 is 5.60 Å². The third-order valence-corrected chi connectivity index (χ3v) is 3.07. The first-order chi connectivity index (χ1) is 7.63. The van der Waals surface area contributed by atoms with Gasteiger partial charge in [0, 0.05) is 6.54 Å². The van der Waals surface area contributed by atoms with Crippen molar-refractivity contribution in [2.75, 3.05) is 17.6 Å². The van der Waals surface area contributed by atoms with Crippen LogP contribution in [0.2, 0.25) is 0 Å². The van der Waals surface area contributed by atoms with E-state index in [9.17, 15) is 5.11 Å². The molecule has 0 spiro atoms. The molecule has 0 bridgehead atoms. The fourth-order valence-corrected chi connectivity index (χ4v) is 1.80. The maximum atomic E-state index is 9.92. The van der Waals surface area contributed by atoms with Crippen molar-refractivity contribution in [1.82, 2.24) is 0 Å². The van der Waals surface area contributed by atoms with Crippen LogP contribution in [0.4, 0.5) is 11.4 Å². The summed E-state index contributed by atoms with van der Waals surface area (Å²) in [4.78, 5) is 0. The molecular formula is C12H15N3O. The summed E-state index contributed by atoms with van der Waals surface area (Å²) in [5, 5.41) is 21.8. The van der Waals surface area contributed by atoms with E-state index in [-0.39, 0.29) is 0 Å². The van der Waals surface area contributed by atoms with Crippen molar-refractivity contribution in [2.45, 2.75) is 24.9 Å². The average molecular weight is 217 g/mol. The minimum Gasteiger partial charge on any atom is -0.397 e. The van der Waals surface area contributed by atoms with Gasteiger partial charge in [-0.15, -0.1) is 0 Å². The predicted molar refractivity (Wildman–Crippen MR) is 62.9 cm³/mol. The summed E-state index contributed by atoms with van der Waals surface area (Å²) in [7, 11) is 0. The molecule has 1 aliphatic rings. The van der Waals surface area contributed by atoms with Crippen LogP contribution >= 0.6 is 0 Å². The fraction of sp³-hybridized carbons (Fsp3) is 0.417. The molecule has 84 valence electrons. The zero-order chi connectivity index (χ0) is 11.6. The Kier molecular flexibility index (Phi) is 2.71.